The van der Waals surface area contributed by atoms with E-state index in [1.807, 2.05) is 0 Å². The standard InChI is InChI=1S/C36H70Br2O2/c1-3-5-7-9-11-13-18-24-30-36(31-25-19-15-21-27-33-38)39-34(28-22-16-10-8-6-4-2)35(40-36)29-23-17-12-14-20-26-32-37/h34-35H,3-33H2,1-2H3/t34-,35-,36+/m0/s1. The number of alkyl halides is 2. The van der Waals surface area contributed by atoms with Crippen molar-refractivity contribution in [2.45, 2.75) is 218 Å². The molecule has 40 heavy (non-hydrogen) atoms. The van der Waals surface area contributed by atoms with Gasteiger partial charge in [0.05, 0.1) is 12.2 Å². The van der Waals surface area contributed by atoms with Crippen molar-refractivity contribution in [3.05, 3.63) is 0 Å². The number of halogens is 2. The Morgan fingerprint density at radius 3 is 1.05 bits per heavy atom. The Bertz CT molecular complexity index is 517. The summed E-state index contributed by atoms with van der Waals surface area (Å²) in [5.41, 5.74) is 0. The molecule has 1 aliphatic heterocycles. The van der Waals surface area contributed by atoms with Crippen LogP contribution in [0.3, 0.4) is 0 Å². The lowest BCUT2D eigenvalue weighted by molar-refractivity contribution is -0.187. The van der Waals surface area contributed by atoms with Crippen molar-refractivity contribution in [2.24, 2.45) is 0 Å². The van der Waals surface area contributed by atoms with Gasteiger partial charge in [-0.3, -0.25) is 0 Å². The molecule has 1 rings (SSSR count). The summed E-state index contributed by atoms with van der Waals surface area (Å²) in [4.78, 5) is 0. The second kappa shape index (κ2) is 28.6. The van der Waals surface area contributed by atoms with Crippen molar-refractivity contribution >= 4 is 31.9 Å². The molecular formula is C36H70Br2O2. The highest BCUT2D eigenvalue weighted by Gasteiger charge is 2.45. The largest absolute Gasteiger partial charge is 0.344 e. The third-order valence-electron chi connectivity index (χ3n) is 8.96. The monoisotopic (exact) mass is 692 g/mol. The third-order valence-corrected chi connectivity index (χ3v) is 10.1. The van der Waals surface area contributed by atoms with Crippen LogP contribution < -0.4 is 0 Å². The van der Waals surface area contributed by atoms with Gasteiger partial charge >= 0.3 is 0 Å². The van der Waals surface area contributed by atoms with Crippen LogP contribution in [0, 0.1) is 0 Å². The first-order chi connectivity index (χ1) is 19.7. The normalized spacial score (nSPS) is 21.0. The third kappa shape index (κ3) is 20.7. The second-order valence-corrected chi connectivity index (χ2v) is 14.4. The van der Waals surface area contributed by atoms with E-state index in [0.717, 1.165) is 23.5 Å². The molecule has 1 aliphatic rings. The fourth-order valence-electron chi connectivity index (χ4n) is 6.40. The summed E-state index contributed by atoms with van der Waals surface area (Å²) in [6, 6.07) is 0. The molecule has 1 heterocycles. The van der Waals surface area contributed by atoms with Gasteiger partial charge in [0, 0.05) is 23.5 Å². The summed E-state index contributed by atoms with van der Waals surface area (Å²) in [5, 5.41) is 2.29. The summed E-state index contributed by atoms with van der Waals surface area (Å²) in [5.74, 6) is -0.301. The van der Waals surface area contributed by atoms with E-state index in [4.69, 9.17) is 9.47 Å². The zero-order valence-electron chi connectivity index (χ0n) is 27.1. The van der Waals surface area contributed by atoms with Crippen LogP contribution in [0.5, 0.6) is 0 Å². The molecule has 0 amide bonds. The second-order valence-electron chi connectivity index (χ2n) is 12.8. The molecule has 0 unspecified atom stereocenters. The summed E-state index contributed by atoms with van der Waals surface area (Å²) in [6.07, 6.45) is 39.0. The Balaban J connectivity index is 2.65. The van der Waals surface area contributed by atoms with Gasteiger partial charge in [-0.25, -0.2) is 0 Å². The van der Waals surface area contributed by atoms with Gasteiger partial charge in [0.25, 0.3) is 0 Å². The Kier molecular flexibility index (Phi) is 27.9. The minimum Gasteiger partial charge on any atom is -0.344 e. The van der Waals surface area contributed by atoms with E-state index in [1.54, 1.807) is 0 Å². The molecule has 1 fully saturated rings. The van der Waals surface area contributed by atoms with Crippen molar-refractivity contribution in [1.82, 2.24) is 0 Å². The first kappa shape index (κ1) is 38.9. The van der Waals surface area contributed by atoms with Gasteiger partial charge in [-0.1, -0.05) is 181 Å². The molecule has 3 atom stereocenters. The van der Waals surface area contributed by atoms with E-state index in [2.05, 4.69) is 45.7 Å². The molecule has 2 nitrogen and oxygen atoms in total. The van der Waals surface area contributed by atoms with Crippen molar-refractivity contribution in [3.63, 3.8) is 0 Å². The smallest absolute Gasteiger partial charge is 0.169 e. The SMILES string of the molecule is CCCCCCCCCC[C@@]1(CCCCCCCBr)O[C@@H](CCCCCCCC)[C@H](CCCCCCCCBr)O1. The molecule has 0 aliphatic carbocycles. The first-order valence-electron chi connectivity index (χ1n) is 18.2. The minimum absolute atomic E-state index is 0.301. The molecule has 0 N–H and O–H groups in total. The zero-order chi connectivity index (χ0) is 29.0. The van der Waals surface area contributed by atoms with E-state index in [9.17, 15) is 0 Å². The molecular weight excluding hydrogens is 624 g/mol. The number of rotatable bonds is 31. The number of hydrogen-bond acceptors (Lipinski definition) is 2. The van der Waals surface area contributed by atoms with Crippen molar-refractivity contribution in [3.8, 4) is 0 Å². The lowest BCUT2D eigenvalue weighted by atomic mass is 9.99. The predicted molar refractivity (Wildman–Crippen MR) is 185 cm³/mol. The van der Waals surface area contributed by atoms with E-state index >= 15 is 0 Å². The topological polar surface area (TPSA) is 18.5 Å². The van der Waals surface area contributed by atoms with Crippen molar-refractivity contribution < 1.29 is 9.47 Å². The maximum atomic E-state index is 7.05. The number of unbranched alkanes of at least 4 members (excludes halogenated alkanes) is 21. The molecule has 0 spiro atoms. The average molecular weight is 695 g/mol. The van der Waals surface area contributed by atoms with Crippen LogP contribution in [0.15, 0.2) is 0 Å². The molecule has 0 saturated carbocycles. The highest BCUT2D eigenvalue weighted by atomic mass is 79.9. The molecule has 4 heteroatoms. The van der Waals surface area contributed by atoms with E-state index in [1.165, 1.54) is 173 Å². The molecule has 0 radical (unpaired) electrons. The highest BCUT2D eigenvalue weighted by molar-refractivity contribution is 9.09. The van der Waals surface area contributed by atoms with Crippen molar-refractivity contribution in [2.75, 3.05) is 10.7 Å². The summed E-state index contributed by atoms with van der Waals surface area (Å²) < 4.78 is 14.1. The Labute approximate surface area is 268 Å². The Hall–Kier alpha value is 0.880. The molecule has 0 aromatic rings. The van der Waals surface area contributed by atoms with E-state index in [-0.39, 0.29) is 5.79 Å². The van der Waals surface area contributed by atoms with Gasteiger partial charge in [0.1, 0.15) is 0 Å². The number of hydrogen-bond donors (Lipinski definition) is 0. The van der Waals surface area contributed by atoms with E-state index in [0.29, 0.717) is 12.2 Å². The maximum Gasteiger partial charge on any atom is 0.169 e. The van der Waals surface area contributed by atoms with Gasteiger partial charge < -0.3 is 9.47 Å². The van der Waals surface area contributed by atoms with Crippen LogP contribution in [0.25, 0.3) is 0 Å². The van der Waals surface area contributed by atoms with Gasteiger partial charge in [0.15, 0.2) is 5.79 Å². The van der Waals surface area contributed by atoms with Gasteiger partial charge in [0.2, 0.25) is 0 Å². The predicted octanol–water partition coefficient (Wildman–Crippen LogP) is 13.6. The van der Waals surface area contributed by atoms with Gasteiger partial charge in [-0.2, -0.15) is 0 Å². The maximum absolute atomic E-state index is 7.05. The highest BCUT2D eigenvalue weighted by Crippen LogP contribution is 2.41. The Morgan fingerprint density at radius 1 is 0.400 bits per heavy atom. The molecule has 0 aromatic heterocycles. The van der Waals surface area contributed by atoms with Crippen LogP contribution in [0.2, 0.25) is 0 Å². The zero-order valence-corrected chi connectivity index (χ0v) is 30.3. The van der Waals surface area contributed by atoms with Gasteiger partial charge in [-0.05, 0) is 38.5 Å². The first-order valence-corrected chi connectivity index (χ1v) is 20.4. The fraction of sp³-hybridized carbons (Fsp3) is 1.00. The minimum atomic E-state index is -0.301. The van der Waals surface area contributed by atoms with Crippen molar-refractivity contribution in [1.29, 1.82) is 0 Å². The van der Waals surface area contributed by atoms with Crippen LogP contribution >= 0.6 is 31.9 Å². The summed E-state index contributed by atoms with van der Waals surface area (Å²) >= 11 is 7.16. The molecule has 0 aromatic carbocycles. The molecule has 240 valence electrons. The quantitative estimate of drug-likeness (QED) is 0.0531. The molecule has 0 bridgehead atoms. The summed E-state index contributed by atoms with van der Waals surface area (Å²) in [7, 11) is 0. The van der Waals surface area contributed by atoms with Crippen LogP contribution in [-0.2, 0) is 9.47 Å². The van der Waals surface area contributed by atoms with E-state index < -0.39 is 0 Å². The molecule has 1 saturated heterocycles. The van der Waals surface area contributed by atoms with Gasteiger partial charge in [-0.15, -0.1) is 0 Å². The van der Waals surface area contributed by atoms with Crippen LogP contribution in [0.4, 0.5) is 0 Å². The average Bonchev–Trinajstić information content (AvgIpc) is 3.30. The lowest BCUT2D eigenvalue weighted by Crippen LogP contribution is -2.31. The Morgan fingerprint density at radius 2 is 0.700 bits per heavy atom. The fourth-order valence-corrected chi connectivity index (χ4v) is 7.19. The summed E-state index contributed by atoms with van der Waals surface area (Å²) in [6.45, 7) is 4.62. The lowest BCUT2D eigenvalue weighted by Gasteiger charge is -2.29. The number of ether oxygens (including phenoxy) is 2. The van der Waals surface area contributed by atoms with Crippen LogP contribution in [0.1, 0.15) is 200 Å². The van der Waals surface area contributed by atoms with Crippen LogP contribution in [-0.4, -0.2) is 28.7 Å².